The lowest BCUT2D eigenvalue weighted by molar-refractivity contribution is -0.139. The summed E-state index contributed by atoms with van der Waals surface area (Å²) >= 11 is 0. The molecule has 0 aliphatic carbocycles. The molecule has 0 saturated carbocycles. The molecule has 0 bridgehead atoms. The highest BCUT2D eigenvalue weighted by Crippen LogP contribution is 2.20. The lowest BCUT2D eigenvalue weighted by atomic mass is 10.1. The highest BCUT2D eigenvalue weighted by Gasteiger charge is 2.32. The summed E-state index contributed by atoms with van der Waals surface area (Å²) in [5, 5.41) is 2.56. The van der Waals surface area contributed by atoms with E-state index in [9.17, 15) is 18.0 Å². The van der Waals surface area contributed by atoms with Crippen LogP contribution >= 0.6 is 0 Å². The number of carbonyl (C=O) groups excluding carboxylic acids is 2. The van der Waals surface area contributed by atoms with Crippen molar-refractivity contribution in [1.82, 2.24) is 14.5 Å². The van der Waals surface area contributed by atoms with Gasteiger partial charge in [-0.2, -0.15) is 12.7 Å². The molecule has 2 aromatic carbocycles. The third kappa shape index (κ3) is 6.05. The van der Waals surface area contributed by atoms with Gasteiger partial charge in [0.2, 0.25) is 11.8 Å². The van der Waals surface area contributed by atoms with Gasteiger partial charge in [0.25, 0.3) is 0 Å². The number of benzene rings is 2. The van der Waals surface area contributed by atoms with E-state index in [1.807, 2.05) is 31.2 Å². The van der Waals surface area contributed by atoms with Crippen molar-refractivity contribution in [2.75, 3.05) is 32.0 Å². The summed E-state index contributed by atoms with van der Waals surface area (Å²) in [5.41, 5.74) is 2.25. The summed E-state index contributed by atoms with van der Waals surface area (Å²) in [4.78, 5) is 27.1. The van der Waals surface area contributed by atoms with Crippen LogP contribution in [0.4, 0.5) is 5.69 Å². The molecular weight excluding hydrogens is 416 g/mol. The first-order valence-electron chi connectivity index (χ1n) is 9.89. The second-order valence-corrected chi connectivity index (χ2v) is 9.50. The van der Waals surface area contributed by atoms with E-state index in [-0.39, 0.29) is 12.5 Å². The molecular formula is C22H30N4O4S. The molecule has 0 radical (unpaired) electrons. The topological polar surface area (TPSA) is 90.0 Å². The highest BCUT2D eigenvalue weighted by molar-refractivity contribution is 7.90. The summed E-state index contributed by atoms with van der Waals surface area (Å²) < 4.78 is 28.0. The lowest BCUT2D eigenvalue weighted by Crippen LogP contribution is -2.52. The molecule has 2 amide bonds. The van der Waals surface area contributed by atoms with Crippen LogP contribution in [0.1, 0.15) is 18.1 Å². The zero-order valence-corrected chi connectivity index (χ0v) is 19.4. The predicted molar refractivity (Wildman–Crippen MR) is 122 cm³/mol. The van der Waals surface area contributed by atoms with Crippen LogP contribution < -0.4 is 9.62 Å². The summed E-state index contributed by atoms with van der Waals surface area (Å²) in [7, 11) is 0.388. The SMILES string of the molecule is CNC(=O)[C@H](C)N(Cc1cccc(C)c1)C(=O)CN(c1ccccc1)S(=O)(=O)N(C)C. The fraction of sp³-hybridized carbons (Fsp3) is 0.364. The predicted octanol–water partition coefficient (Wildman–Crippen LogP) is 1.77. The number of hydrogen-bond acceptors (Lipinski definition) is 4. The molecule has 1 N–H and O–H groups in total. The van der Waals surface area contributed by atoms with Crippen molar-refractivity contribution in [2.24, 2.45) is 0 Å². The van der Waals surface area contributed by atoms with Crippen LogP contribution in [0.3, 0.4) is 0 Å². The van der Waals surface area contributed by atoms with Gasteiger partial charge in [0.15, 0.2) is 0 Å². The van der Waals surface area contributed by atoms with Crippen LogP contribution in [-0.2, 0) is 26.3 Å². The van der Waals surface area contributed by atoms with Crippen molar-refractivity contribution in [3.05, 3.63) is 65.7 Å². The van der Waals surface area contributed by atoms with E-state index in [2.05, 4.69) is 5.32 Å². The summed E-state index contributed by atoms with van der Waals surface area (Å²) in [5.74, 6) is -0.811. The van der Waals surface area contributed by atoms with Crippen LogP contribution in [0.15, 0.2) is 54.6 Å². The quantitative estimate of drug-likeness (QED) is 0.636. The van der Waals surface area contributed by atoms with E-state index in [4.69, 9.17) is 0 Å². The molecule has 0 aliphatic rings. The van der Waals surface area contributed by atoms with Crippen LogP contribution in [-0.4, -0.2) is 63.2 Å². The Labute approximate surface area is 184 Å². The number of nitrogens with zero attached hydrogens (tertiary/aromatic N) is 3. The molecule has 0 fully saturated rings. The fourth-order valence-corrected chi connectivity index (χ4v) is 4.17. The summed E-state index contributed by atoms with van der Waals surface area (Å²) in [6.45, 7) is 3.32. The Morgan fingerprint density at radius 1 is 1.03 bits per heavy atom. The number of nitrogens with one attached hydrogen (secondary N) is 1. The van der Waals surface area contributed by atoms with Gasteiger partial charge in [-0.15, -0.1) is 0 Å². The number of hydrogen-bond donors (Lipinski definition) is 1. The van der Waals surface area contributed by atoms with Crippen molar-refractivity contribution in [3.63, 3.8) is 0 Å². The number of aryl methyl sites for hydroxylation is 1. The highest BCUT2D eigenvalue weighted by atomic mass is 32.2. The first-order chi connectivity index (χ1) is 14.6. The average Bonchev–Trinajstić information content (AvgIpc) is 2.75. The van der Waals surface area contributed by atoms with E-state index in [1.54, 1.807) is 37.3 Å². The van der Waals surface area contributed by atoms with Gasteiger partial charge in [-0.05, 0) is 31.5 Å². The van der Waals surface area contributed by atoms with Crippen molar-refractivity contribution >= 4 is 27.7 Å². The van der Waals surface area contributed by atoms with Crippen LogP contribution in [0, 0.1) is 6.92 Å². The first-order valence-corrected chi connectivity index (χ1v) is 11.3. The molecule has 168 valence electrons. The molecule has 0 heterocycles. The van der Waals surface area contributed by atoms with E-state index in [0.29, 0.717) is 5.69 Å². The standard InChI is InChI=1S/C22H30N4O4S/c1-17-10-9-11-19(14-17)15-25(18(2)22(28)23-3)21(27)16-26(31(29,30)24(4)5)20-12-7-6-8-13-20/h6-14,18H,15-16H2,1-5H3,(H,23,28)/t18-/m0/s1. The number of amides is 2. The largest absolute Gasteiger partial charge is 0.357 e. The second-order valence-electron chi connectivity index (χ2n) is 7.43. The molecule has 2 rings (SSSR count). The zero-order chi connectivity index (χ0) is 23.2. The number of likely N-dealkylation sites (N-methyl/N-ethyl adjacent to an activating group) is 1. The van der Waals surface area contributed by atoms with Crippen LogP contribution in [0.2, 0.25) is 0 Å². The minimum atomic E-state index is -3.93. The fourth-order valence-electron chi connectivity index (χ4n) is 3.11. The minimum Gasteiger partial charge on any atom is -0.357 e. The number of carbonyl (C=O) groups is 2. The van der Waals surface area contributed by atoms with E-state index >= 15 is 0 Å². The summed E-state index contributed by atoms with van der Waals surface area (Å²) in [6.07, 6.45) is 0. The maximum atomic E-state index is 13.4. The monoisotopic (exact) mass is 446 g/mol. The summed E-state index contributed by atoms with van der Waals surface area (Å²) in [6, 6.07) is 15.3. The number of para-hydroxylation sites is 1. The maximum Gasteiger partial charge on any atom is 0.304 e. The molecule has 2 aromatic rings. The zero-order valence-electron chi connectivity index (χ0n) is 18.6. The van der Waals surface area contributed by atoms with Crippen molar-refractivity contribution < 1.29 is 18.0 Å². The Balaban J connectivity index is 2.42. The minimum absolute atomic E-state index is 0.180. The third-order valence-corrected chi connectivity index (χ3v) is 6.73. The second kappa shape index (κ2) is 10.4. The molecule has 31 heavy (non-hydrogen) atoms. The van der Waals surface area contributed by atoms with Gasteiger partial charge < -0.3 is 10.2 Å². The van der Waals surface area contributed by atoms with Gasteiger partial charge in [-0.3, -0.25) is 9.59 Å². The average molecular weight is 447 g/mol. The van der Waals surface area contributed by atoms with Gasteiger partial charge in [0.05, 0.1) is 5.69 Å². The Morgan fingerprint density at radius 2 is 1.68 bits per heavy atom. The Bertz CT molecular complexity index is 1010. The van der Waals surface area contributed by atoms with Crippen LogP contribution in [0.5, 0.6) is 0 Å². The van der Waals surface area contributed by atoms with Gasteiger partial charge in [-0.1, -0.05) is 48.0 Å². The smallest absolute Gasteiger partial charge is 0.304 e. The molecule has 0 unspecified atom stereocenters. The van der Waals surface area contributed by atoms with Gasteiger partial charge in [0.1, 0.15) is 12.6 Å². The maximum absolute atomic E-state index is 13.4. The van der Waals surface area contributed by atoms with E-state index in [0.717, 1.165) is 19.7 Å². The molecule has 8 nitrogen and oxygen atoms in total. The molecule has 1 atom stereocenters. The normalized spacial score (nSPS) is 12.3. The third-order valence-electron chi connectivity index (χ3n) is 4.91. The Kier molecular flexibility index (Phi) is 8.18. The van der Waals surface area contributed by atoms with E-state index in [1.165, 1.54) is 26.0 Å². The Hall–Kier alpha value is -2.91. The molecule has 0 spiro atoms. The van der Waals surface area contributed by atoms with Crippen LogP contribution in [0.25, 0.3) is 0 Å². The first kappa shape index (κ1) is 24.4. The lowest BCUT2D eigenvalue weighted by Gasteiger charge is -2.32. The number of anilines is 1. The van der Waals surface area contributed by atoms with E-state index < -0.39 is 28.7 Å². The van der Waals surface area contributed by atoms with Gasteiger partial charge in [-0.25, -0.2) is 4.31 Å². The van der Waals surface area contributed by atoms with Crippen molar-refractivity contribution in [1.29, 1.82) is 0 Å². The molecule has 0 aromatic heterocycles. The van der Waals surface area contributed by atoms with Crippen molar-refractivity contribution in [2.45, 2.75) is 26.4 Å². The van der Waals surface area contributed by atoms with Gasteiger partial charge >= 0.3 is 10.2 Å². The van der Waals surface area contributed by atoms with Crippen molar-refractivity contribution in [3.8, 4) is 0 Å². The number of rotatable bonds is 9. The molecule has 9 heteroatoms. The molecule has 0 aliphatic heterocycles. The van der Waals surface area contributed by atoms with Gasteiger partial charge in [0, 0.05) is 27.7 Å². The molecule has 0 saturated heterocycles. The Morgan fingerprint density at radius 3 is 2.23 bits per heavy atom.